The molecule has 0 spiro atoms. The molecular weight excluding hydrogens is 256 g/mol. The Bertz CT molecular complexity index is 492. The van der Waals surface area contributed by atoms with Gasteiger partial charge < -0.3 is 0 Å². The van der Waals surface area contributed by atoms with Crippen molar-refractivity contribution in [2.45, 2.75) is 23.6 Å². The zero-order chi connectivity index (χ0) is 12.8. The fourth-order valence-corrected chi connectivity index (χ4v) is 3.71. The summed E-state index contributed by atoms with van der Waals surface area (Å²) in [6.45, 7) is 4.34. The van der Waals surface area contributed by atoms with E-state index in [4.69, 9.17) is 0 Å². The van der Waals surface area contributed by atoms with E-state index in [0.29, 0.717) is 0 Å². The maximum atomic E-state index is 2.26. The summed E-state index contributed by atoms with van der Waals surface area (Å²) < 4.78 is 0. The molecule has 0 heterocycles. The van der Waals surface area contributed by atoms with Gasteiger partial charge in [0.15, 0.2) is 0 Å². The first-order valence-corrected chi connectivity index (χ1v) is 8.11. The van der Waals surface area contributed by atoms with Gasteiger partial charge in [0.25, 0.3) is 0 Å². The minimum atomic E-state index is 1.15. The van der Waals surface area contributed by atoms with E-state index in [0.717, 1.165) is 11.5 Å². The van der Waals surface area contributed by atoms with Crippen molar-refractivity contribution in [1.82, 2.24) is 0 Å². The number of benzene rings is 2. The molecule has 0 N–H and O–H groups in total. The van der Waals surface area contributed by atoms with Gasteiger partial charge in [0, 0.05) is 21.3 Å². The van der Waals surface area contributed by atoms with Gasteiger partial charge in [-0.05, 0) is 37.6 Å². The Hall–Kier alpha value is -0.860. The van der Waals surface area contributed by atoms with Crippen LogP contribution in [0, 0.1) is 13.8 Å². The van der Waals surface area contributed by atoms with Crippen LogP contribution in [0.3, 0.4) is 0 Å². The van der Waals surface area contributed by atoms with Crippen molar-refractivity contribution in [2.75, 3.05) is 11.5 Å². The van der Waals surface area contributed by atoms with Crippen LogP contribution in [0.5, 0.6) is 0 Å². The summed E-state index contributed by atoms with van der Waals surface area (Å²) in [7, 11) is 0. The normalized spacial score (nSPS) is 10.6. The molecule has 18 heavy (non-hydrogen) atoms. The molecule has 0 aliphatic carbocycles. The van der Waals surface area contributed by atoms with Crippen LogP contribution >= 0.6 is 23.5 Å². The number of rotatable bonds is 5. The van der Waals surface area contributed by atoms with E-state index in [1.54, 1.807) is 0 Å². The van der Waals surface area contributed by atoms with Gasteiger partial charge in [-0.15, -0.1) is 23.5 Å². The average molecular weight is 274 g/mol. The van der Waals surface area contributed by atoms with Crippen molar-refractivity contribution in [1.29, 1.82) is 0 Å². The summed E-state index contributed by atoms with van der Waals surface area (Å²) in [6.07, 6.45) is 0. The van der Waals surface area contributed by atoms with Crippen LogP contribution in [0.2, 0.25) is 0 Å². The van der Waals surface area contributed by atoms with Crippen LogP contribution in [-0.4, -0.2) is 11.5 Å². The van der Waals surface area contributed by atoms with E-state index in [9.17, 15) is 0 Å². The third kappa shape index (κ3) is 4.11. The molecule has 0 aliphatic rings. The van der Waals surface area contributed by atoms with Crippen LogP contribution in [0.4, 0.5) is 0 Å². The van der Waals surface area contributed by atoms with E-state index >= 15 is 0 Å². The second-order valence-electron chi connectivity index (χ2n) is 4.28. The number of hydrogen-bond acceptors (Lipinski definition) is 2. The average Bonchev–Trinajstić information content (AvgIpc) is 2.38. The van der Waals surface area contributed by atoms with Gasteiger partial charge >= 0.3 is 0 Å². The molecule has 0 aromatic heterocycles. The lowest BCUT2D eigenvalue weighted by molar-refractivity contribution is 1.26. The molecule has 0 atom stereocenters. The smallest absolute Gasteiger partial charge is 0.0102 e. The first kappa shape index (κ1) is 13.6. The lowest BCUT2D eigenvalue weighted by Crippen LogP contribution is -1.87. The van der Waals surface area contributed by atoms with Gasteiger partial charge in [-0.3, -0.25) is 0 Å². The van der Waals surface area contributed by atoms with Crippen LogP contribution in [0.25, 0.3) is 0 Å². The SMILES string of the molecule is Cc1ccc(SCCSc2ccccc2)c(C)c1. The number of thioether (sulfide) groups is 2. The summed E-state index contributed by atoms with van der Waals surface area (Å²) in [4.78, 5) is 2.77. The molecular formula is C16H18S2. The Labute approximate surface area is 118 Å². The Morgan fingerprint density at radius 2 is 1.56 bits per heavy atom. The maximum Gasteiger partial charge on any atom is 0.0102 e. The standard InChI is InChI=1S/C16H18S2/c1-13-8-9-16(14(2)12-13)18-11-10-17-15-6-4-3-5-7-15/h3-9,12H,10-11H2,1-2H3. The van der Waals surface area contributed by atoms with Gasteiger partial charge in [0.2, 0.25) is 0 Å². The minimum Gasteiger partial charge on any atom is -0.125 e. The van der Waals surface area contributed by atoms with E-state index in [-0.39, 0.29) is 0 Å². The van der Waals surface area contributed by atoms with E-state index < -0.39 is 0 Å². The van der Waals surface area contributed by atoms with Crippen molar-refractivity contribution in [3.05, 3.63) is 59.7 Å². The highest BCUT2D eigenvalue weighted by molar-refractivity contribution is 8.03. The molecule has 2 heteroatoms. The van der Waals surface area contributed by atoms with Crippen molar-refractivity contribution >= 4 is 23.5 Å². The van der Waals surface area contributed by atoms with Crippen LogP contribution in [0.15, 0.2) is 58.3 Å². The first-order chi connectivity index (χ1) is 8.75. The molecule has 94 valence electrons. The maximum absolute atomic E-state index is 2.26. The molecule has 0 aliphatic heterocycles. The Morgan fingerprint density at radius 1 is 0.833 bits per heavy atom. The highest BCUT2D eigenvalue weighted by Crippen LogP contribution is 2.25. The second-order valence-corrected chi connectivity index (χ2v) is 6.58. The molecule has 2 aromatic rings. The van der Waals surface area contributed by atoms with E-state index in [2.05, 4.69) is 62.4 Å². The van der Waals surface area contributed by atoms with Crippen LogP contribution in [-0.2, 0) is 0 Å². The van der Waals surface area contributed by atoms with Crippen molar-refractivity contribution < 1.29 is 0 Å². The third-order valence-electron chi connectivity index (χ3n) is 2.68. The Balaban J connectivity index is 1.79. The molecule has 0 saturated carbocycles. The lowest BCUT2D eigenvalue weighted by atomic mass is 10.2. The zero-order valence-corrected chi connectivity index (χ0v) is 12.5. The van der Waals surface area contributed by atoms with Crippen molar-refractivity contribution in [3.63, 3.8) is 0 Å². The Kier molecular flexibility index (Phi) is 5.21. The monoisotopic (exact) mass is 274 g/mol. The third-order valence-corrected chi connectivity index (χ3v) is 5.13. The fourth-order valence-electron chi connectivity index (χ4n) is 1.79. The molecule has 0 amide bonds. The minimum absolute atomic E-state index is 1.15. The quantitative estimate of drug-likeness (QED) is 0.544. The predicted molar refractivity (Wildman–Crippen MR) is 83.8 cm³/mol. The molecule has 2 aromatic carbocycles. The predicted octanol–water partition coefficient (Wildman–Crippen LogP) is 5.19. The Morgan fingerprint density at radius 3 is 2.28 bits per heavy atom. The van der Waals surface area contributed by atoms with Gasteiger partial charge in [-0.2, -0.15) is 0 Å². The largest absolute Gasteiger partial charge is 0.125 e. The topological polar surface area (TPSA) is 0 Å². The van der Waals surface area contributed by atoms with Crippen LogP contribution in [0.1, 0.15) is 11.1 Å². The molecule has 0 radical (unpaired) electrons. The van der Waals surface area contributed by atoms with Gasteiger partial charge in [0.05, 0.1) is 0 Å². The van der Waals surface area contributed by atoms with Gasteiger partial charge in [-0.25, -0.2) is 0 Å². The molecule has 0 unspecified atom stereocenters. The van der Waals surface area contributed by atoms with E-state index in [1.165, 1.54) is 20.9 Å². The highest BCUT2D eigenvalue weighted by Gasteiger charge is 1.99. The first-order valence-electron chi connectivity index (χ1n) is 6.13. The second kappa shape index (κ2) is 6.91. The summed E-state index contributed by atoms with van der Waals surface area (Å²) in [5, 5.41) is 0. The number of aryl methyl sites for hydroxylation is 2. The molecule has 0 fully saturated rings. The zero-order valence-electron chi connectivity index (χ0n) is 10.8. The highest BCUT2D eigenvalue weighted by atomic mass is 32.2. The summed E-state index contributed by atoms with van der Waals surface area (Å²) >= 11 is 3.88. The number of hydrogen-bond donors (Lipinski definition) is 0. The van der Waals surface area contributed by atoms with Crippen molar-refractivity contribution in [2.24, 2.45) is 0 Å². The molecule has 0 saturated heterocycles. The lowest BCUT2D eigenvalue weighted by Gasteiger charge is -2.06. The molecule has 2 rings (SSSR count). The summed E-state index contributed by atoms with van der Waals surface area (Å²) in [6, 6.07) is 17.3. The summed E-state index contributed by atoms with van der Waals surface area (Å²) in [5.74, 6) is 2.31. The molecule has 0 bridgehead atoms. The van der Waals surface area contributed by atoms with Crippen LogP contribution < -0.4 is 0 Å². The van der Waals surface area contributed by atoms with Gasteiger partial charge in [-0.1, -0.05) is 35.9 Å². The molecule has 0 nitrogen and oxygen atoms in total. The fraction of sp³-hybridized carbons (Fsp3) is 0.250. The summed E-state index contributed by atoms with van der Waals surface area (Å²) in [5.41, 5.74) is 2.74. The van der Waals surface area contributed by atoms with Crippen molar-refractivity contribution in [3.8, 4) is 0 Å². The van der Waals surface area contributed by atoms with E-state index in [1.807, 2.05) is 23.5 Å². The van der Waals surface area contributed by atoms with Gasteiger partial charge in [0.1, 0.15) is 0 Å².